The van der Waals surface area contributed by atoms with Crippen LogP contribution < -0.4 is 10.6 Å². The fourth-order valence-corrected chi connectivity index (χ4v) is 2.82. The van der Waals surface area contributed by atoms with E-state index in [9.17, 15) is 4.79 Å². The van der Waals surface area contributed by atoms with E-state index in [4.69, 9.17) is 4.42 Å². The molecule has 0 spiro atoms. The molecule has 1 fully saturated rings. The van der Waals surface area contributed by atoms with Gasteiger partial charge in [0.2, 0.25) is 5.89 Å². The summed E-state index contributed by atoms with van der Waals surface area (Å²) in [6.45, 7) is 13.7. The van der Waals surface area contributed by atoms with Crippen LogP contribution in [0.25, 0.3) is 0 Å². The molecule has 2 heterocycles. The molecule has 6 heteroatoms. The molecule has 24 heavy (non-hydrogen) atoms. The Morgan fingerprint density at radius 1 is 1.33 bits per heavy atom. The highest BCUT2D eigenvalue weighted by Crippen LogP contribution is 2.19. The first-order valence-corrected chi connectivity index (χ1v) is 9.00. The second-order valence-corrected chi connectivity index (χ2v) is 7.54. The molecule has 0 saturated carbocycles. The van der Waals surface area contributed by atoms with E-state index >= 15 is 0 Å². The molecule has 1 aliphatic rings. The number of nitrogens with one attached hydrogen (secondary N) is 2. The molecule has 1 aliphatic heterocycles. The van der Waals surface area contributed by atoms with Crippen LogP contribution in [0.3, 0.4) is 0 Å². The van der Waals surface area contributed by atoms with Crippen LogP contribution in [-0.4, -0.2) is 41.1 Å². The normalized spacial score (nSPS) is 17.0. The maximum absolute atomic E-state index is 11.9. The second kappa shape index (κ2) is 8.01. The van der Waals surface area contributed by atoms with E-state index in [0.29, 0.717) is 5.92 Å². The molecule has 1 aromatic rings. The van der Waals surface area contributed by atoms with Crippen molar-refractivity contribution in [3.8, 4) is 0 Å². The Hall–Kier alpha value is -1.56. The molecule has 1 aromatic heterocycles. The minimum Gasteiger partial charge on any atom is -0.444 e. The third kappa shape index (κ3) is 5.51. The molecule has 0 atom stereocenters. The van der Waals surface area contributed by atoms with Gasteiger partial charge in [-0.1, -0.05) is 6.92 Å². The van der Waals surface area contributed by atoms with Crippen LogP contribution in [0.15, 0.2) is 4.42 Å². The van der Waals surface area contributed by atoms with Crippen molar-refractivity contribution in [3.63, 3.8) is 0 Å². The Morgan fingerprint density at radius 2 is 2.00 bits per heavy atom. The number of carbonyl (C=O) groups is 1. The monoisotopic (exact) mass is 336 g/mol. The predicted octanol–water partition coefficient (Wildman–Crippen LogP) is 2.99. The maximum atomic E-state index is 11.9. The van der Waals surface area contributed by atoms with Crippen molar-refractivity contribution in [2.75, 3.05) is 19.6 Å². The number of urea groups is 1. The van der Waals surface area contributed by atoms with Crippen molar-refractivity contribution in [2.24, 2.45) is 5.92 Å². The molecule has 2 rings (SSSR count). The van der Waals surface area contributed by atoms with E-state index < -0.39 is 0 Å². The Labute approximate surface area is 145 Å². The van der Waals surface area contributed by atoms with Gasteiger partial charge in [-0.05, 0) is 66.0 Å². The minimum absolute atomic E-state index is 0.0602. The van der Waals surface area contributed by atoms with Crippen LogP contribution >= 0.6 is 0 Å². The maximum Gasteiger partial charge on any atom is 0.315 e. The van der Waals surface area contributed by atoms with Crippen LogP contribution in [-0.2, 0) is 6.54 Å². The lowest BCUT2D eigenvalue weighted by molar-refractivity contribution is 0.161. The van der Waals surface area contributed by atoms with E-state index in [2.05, 4.69) is 27.4 Å². The molecule has 6 nitrogen and oxygen atoms in total. The highest BCUT2D eigenvalue weighted by Gasteiger charge is 2.22. The Bertz CT molecular complexity index is 526. The van der Waals surface area contributed by atoms with Crippen molar-refractivity contribution in [1.82, 2.24) is 20.5 Å². The Balaban J connectivity index is 1.68. The smallest absolute Gasteiger partial charge is 0.315 e. The third-order valence-electron chi connectivity index (χ3n) is 5.03. The number of nitrogens with zero attached hydrogens (tertiary/aromatic N) is 2. The number of oxazole rings is 1. The first kappa shape index (κ1) is 18.8. The summed E-state index contributed by atoms with van der Waals surface area (Å²) < 4.78 is 5.66. The molecule has 0 bridgehead atoms. The van der Waals surface area contributed by atoms with Gasteiger partial charge >= 0.3 is 6.03 Å². The highest BCUT2D eigenvalue weighted by molar-refractivity contribution is 5.74. The van der Waals surface area contributed by atoms with Gasteiger partial charge in [0.15, 0.2) is 0 Å². The summed E-state index contributed by atoms with van der Waals surface area (Å²) in [5, 5.41) is 6.03. The fraction of sp³-hybridized carbons (Fsp3) is 0.778. The zero-order chi connectivity index (χ0) is 17.7. The lowest BCUT2D eigenvalue weighted by Gasteiger charge is -2.31. The number of aryl methyl sites for hydroxylation is 2. The van der Waals surface area contributed by atoms with Gasteiger partial charge in [-0.15, -0.1) is 0 Å². The molecular formula is C18H32N4O2. The summed E-state index contributed by atoms with van der Waals surface area (Å²) in [6.07, 6.45) is 3.10. The van der Waals surface area contributed by atoms with Gasteiger partial charge in [-0.2, -0.15) is 0 Å². The second-order valence-electron chi connectivity index (χ2n) is 7.54. The van der Waals surface area contributed by atoms with Crippen LogP contribution in [0.2, 0.25) is 0 Å². The molecular weight excluding hydrogens is 304 g/mol. The molecule has 0 unspecified atom stereocenters. The zero-order valence-electron chi connectivity index (χ0n) is 15.7. The zero-order valence-corrected chi connectivity index (χ0v) is 15.7. The van der Waals surface area contributed by atoms with Gasteiger partial charge in [0.25, 0.3) is 0 Å². The quantitative estimate of drug-likeness (QED) is 0.838. The summed E-state index contributed by atoms with van der Waals surface area (Å²) in [6, 6.07) is -0.0602. The first-order valence-electron chi connectivity index (χ1n) is 9.00. The van der Waals surface area contributed by atoms with Gasteiger partial charge in [0.05, 0.1) is 12.2 Å². The van der Waals surface area contributed by atoms with Gasteiger partial charge in [0.1, 0.15) is 5.76 Å². The number of aromatic nitrogens is 1. The molecule has 2 N–H and O–H groups in total. The number of rotatable bonds is 6. The van der Waals surface area contributed by atoms with E-state index in [1.807, 2.05) is 27.7 Å². The summed E-state index contributed by atoms with van der Waals surface area (Å²) in [4.78, 5) is 18.8. The summed E-state index contributed by atoms with van der Waals surface area (Å²) in [5.41, 5.74) is 0.824. The molecule has 136 valence electrons. The van der Waals surface area contributed by atoms with Crippen molar-refractivity contribution in [1.29, 1.82) is 0 Å². The average molecular weight is 336 g/mol. The number of carbonyl (C=O) groups excluding carboxylic acids is 1. The van der Waals surface area contributed by atoms with Gasteiger partial charge < -0.3 is 15.1 Å². The van der Waals surface area contributed by atoms with E-state index in [0.717, 1.165) is 62.8 Å². The molecule has 0 radical (unpaired) electrons. The molecule has 0 aliphatic carbocycles. The number of piperidine rings is 1. The summed E-state index contributed by atoms with van der Waals surface area (Å²) >= 11 is 0. The van der Waals surface area contributed by atoms with Crippen LogP contribution in [0.5, 0.6) is 0 Å². The van der Waals surface area contributed by atoms with Crippen LogP contribution in [0, 0.1) is 19.8 Å². The lowest BCUT2D eigenvalue weighted by atomic mass is 9.97. The average Bonchev–Trinajstić information content (AvgIpc) is 2.84. The largest absolute Gasteiger partial charge is 0.444 e. The lowest BCUT2D eigenvalue weighted by Crippen LogP contribution is -2.49. The number of likely N-dealkylation sites (tertiary alicyclic amines) is 1. The SMILES string of the molecule is CCC(C)(C)NC(=O)NCC1CCN(Cc2nc(C)c(C)o2)CC1. The van der Waals surface area contributed by atoms with E-state index in [1.54, 1.807) is 0 Å². The van der Waals surface area contributed by atoms with Crippen LogP contribution in [0.1, 0.15) is 57.4 Å². The number of hydrogen-bond acceptors (Lipinski definition) is 4. The van der Waals surface area contributed by atoms with Crippen molar-refractivity contribution in [2.45, 2.75) is 66.0 Å². The number of hydrogen-bond donors (Lipinski definition) is 2. The van der Waals surface area contributed by atoms with Gasteiger partial charge in [-0.25, -0.2) is 9.78 Å². The van der Waals surface area contributed by atoms with Gasteiger partial charge in [0, 0.05) is 12.1 Å². The highest BCUT2D eigenvalue weighted by atomic mass is 16.4. The number of amides is 2. The third-order valence-corrected chi connectivity index (χ3v) is 5.03. The topological polar surface area (TPSA) is 70.4 Å². The van der Waals surface area contributed by atoms with Crippen LogP contribution in [0.4, 0.5) is 4.79 Å². The van der Waals surface area contributed by atoms with E-state index in [1.165, 1.54) is 0 Å². The van der Waals surface area contributed by atoms with Crippen molar-refractivity contribution >= 4 is 6.03 Å². The van der Waals surface area contributed by atoms with E-state index in [-0.39, 0.29) is 11.6 Å². The Kier molecular flexibility index (Phi) is 6.27. The van der Waals surface area contributed by atoms with Crippen molar-refractivity contribution < 1.29 is 9.21 Å². The van der Waals surface area contributed by atoms with Gasteiger partial charge in [-0.3, -0.25) is 4.90 Å². The Morgan fingerprint density at radius 3 is 2.54 bits per heavy atom. The molecule has 2 amide bonds. The fourth-order valence-electron chi connectivity index (χ4n) is 2.82. The molecule has 0 aromatic carbocycles. The summed E-state index contributed by atoms with van der Waals surface area (Å²) in [7, 11) is 0. The predicted molar refractivity (Wildman–Crippen MR) is 94.9 cm³/mol. The van der Waals surface area contributed by atoms with Crippen molar-refractivity contribution in [3.05, 3.63) is 17.3 Å². The molecule has 1 saturated heterocycles. The standard InChI is InChI=1S/C18H32N4O2/c1-6-18(4,5)21-17(23)19-11-15-7-9-22(10-8-15)12-16-20-13(2)14(3)24-16/h15H,6-12H2,1-5H3,(H2,19,21,23). The summed E-state index contributed by atoms with van der Waals surface area (Å²) in [5.74, 6) is 2.26. The minimum atomic E-state index is -0.153. The first-order chi connectivity index (χ1) is 11.3.